The average Bonchev–Trinajstić information content (AvgIpc) is 2.53. The summed E-state index contributed by atoms with van der Waals surface area (Å²) in [5.41, 5.74) is 7.76. The van der Waals surface area contributed by atoms with Crippen molar-refractivity contribution in [2.45, 2.75) is 31.4 Å². The number of hydrogen-bond donors (Lipinski definition) is 1. The Morgan fingerprint density at radius 2 is 2.00 bits per heavy atom. The summed E-state index contributed by atoms with van der Waals surface area (Å²) in [5, 5.41) is 0. The maximum absolute atomic E-state index is 13.0. The molecule has 1 aromatic carbocycles. The molecule has 2 heteroatoms. The van der Waals surface area contributed by atoms with Crippen LogP contribution in [-0.4, -0.2) is 6.17 Å². The van der Waals surface area contributed by atoms with Gasteiger partial charge in [-0.1, -0.05) is 18.2 Å². The van der Waals surface area contributed by atoms with Gasteiger partial charge in [-0.2, -0.15) is 0 Å². The standard InChI is InChI=1S/C11H14FN/c12-9-6-5-8(7-9)10-3-1-2-4-11(10)13/h1-4,8-9H,5-7,13H2. The normalized spacial score (nSPS) is 27.8. The van der Waals surface area contributed by atoms with Crippen LogP contribution in [0.3, 0.4) is 0 Å². The molecule has 1 nitrogen and oxygen atoms in total. The molecule has 2 N–H and O–H groups in total. The lowest BCUT2D eigenvalue weighted by atomic mass is 9.96. The first-order chi connectivity index (χ1) is 6.27. The van der Waals surface area contributed by atoms with Crippen LogP contribution in [0.15, 0.2) is 24.3 Å². The van der Waals surface area contributed by atoms with Crippen molar-refractivity contribution in [2.24, 2.45) is 0 Å². The number of alkyl halides is 1. The van der Waals surface area contributed by atoms with Gasteiger partial charge in [0.2, 0.25) is 0 Å². The van der Waals surface area contributed by atoms with Crippen LogP contribution in [0.2, 0.25) is 0 Å². The Labute approximate surface area is 77.8 Å². The van der Waals surface area contributed by atoms with Crippen LogP contribution >= 0.6 is 0 Å². The summed E-state index contributed by atoms with van der Waals surface area (Å²) in [6.07, 6.45) is 1.66. The van der Waals surface area contributed by atoms with E-state index < -0.39 is 6.17 Å². The van der Waals surface area contributed by atoms with E-state index in [1.807, 2.05) is 24.3 Å². The van der Waals surface area contributed by atoms with E-state index in [2.05, 4.69) is 0 Å². The molecule has 0 spiro atoms. The molecule has 1 aliphatic rings. The Bertz CT molecular complexity index is 298. The van der Waals surface area contributed by atoms with Crippen molar-refractivity contribution in [3.63, 3.8) is 0 Å². The van der Waals surface area contributed by atoms with E-state index in [1.54, 1.807) is 0 Å². The number of anilines is 1. The van der Waals surface area contributed by atoms with Crippen molar-refractivity contribution in [1.82, 2.24) is 0 Å². The third-order valence-corrected chi connectivity index (χ3v) is 2.80. The highest BCUT2D eigenvalue weighted by Crippen LogP contribution is 2.38. The smallest absolute Gasteiger partial charge is 0.101 e. The minimum atomic E-state index is -0.621. The summed E-state index contributed by atoms with van der Waals surface area (Å²) in [6, 6.07) is 7.79. The molecule has 70 valence electrons. The van der Waals surface area contributed by atoms with Crippen LogP contribution in [0.5, 0.6) is 0 Å². The Hall–Kier alpha value is -1.05. The monoisotopic (exact) mass is 179 g/mol. The van der Waals surface area contributed by atoms with Gasteiger partial charge >= 0.3 is 0 Å². The van der Waals surface area contributed by atoms with Crippen molar-refractivity contribution in [1.29, 1.82) is 0 Å². The van der Waals surface area contributed by atoms with Gasteiger partial charge in [0.25, 0.3) is 0 Å². The molecule has 0 aliphatic heterocycles. The van der Waals surface area contributed by atoms with Crippen molar-refractivity contribution in [2.75, 3.05) is 5.73 Å². The van der Waals surface area contributed by atoms with Gasteiger partial charge in [-0.15, -0.1) is 0 Å². The molecule has 1 saturated carbocycles. The van der Waals surface area contributed by atoms with Gasteiger partial charge in [0.05, 0.1) is 0 Å². The Morgan fingerprint density at radius 3 is 2.62 bits per heavy atom. The molecule has 1 aliphatic carbocycles. The Kier molecular flexibility index (Phi) is 2.21. The highest BCUT2D eigenvalue weighted by atomic mass is 19.1. The number of hydrogen-bond acceptors (Lipinski definition) is 1. The summed E-state index contributed by atoms with van der Waals surface area (Å²) in [4.78, 5) is 0. The fraction of sp³-hybridized carbons (Fsp3) is 0.455. The zero-order valence-corrected chi connectivity index (χ0v) is 7.54. The van der Waals surface area contributed by atoms with Crippen molar-refractivity contribution < 1.29 is 4.39 Å². The number of rotatable bonds is 1. The van der Waals surface area contributed by atoms with Gasteiger partial charge < -0.3 is 5.73 Å². The summed E-state index contributed by atoms with van der Waals surface area (Å²) < 4.78 is 13.0. The number of nitrogens with two attached hydrogens (primary N) is 1. The van der Waals surface area contributed by atoms with E-state index >= 15 is 0 Å². The van der Waals surface area contributed by atoms with Gasteiger partial charge in [-0.05, 0) is 36.8 Å². The molecule has 0 radical (unpaired) electrons. The Morgan fingerprint density at radius 1 is 1.23 bits per heavy atom. The van der Waals surface area contributed by atoms with Crippen LogP contribution < -0.4 is 5.73 Å². The third-order valence-electron chi connectivity index (χ3n) is 2.80. The molecule has 0 saturated heterocycles. The molecule has 0 amide bonds. The largest absolute Gasteiger partial charge is 0.398 e. The maximum atomic E-state index is 13.0. The molecular formula is C11H14FN. The van der Waals surface area contributed by atoms with Gasteiger partial charge in [0.1, 0.15) is 6.17 Å². The van der Waals surface area contributed by atoms with E-state index in [-0.39, 0.29) is 0 Å². The second kappa shape index (κ2) is 3.36. The summed E-state index contributed by atoms with van der Waals surface area (Å²) >= 11 is 0. The van der Waals surface area contributed by atoms with Crippen LogP contribution in [0.4, 0.5) is 10.1 Å². The highest BCUT2D eigenvalue weighted by molar-refractivity contribution is 5.48. The van der Waals surface area contributed by atoms with Gasteiger partial charge in [0, 0.05) is 5.69 Å². The molecule has 2 atom stereocenters. The number of benzene rings is 1. The molecule has 2 unspecified atom stereocenters. The third kappa shape index (κ3) is 1.67. The molecular weight excluding hydrogens is 165 g/mol. The molecule has 0 aromatic heterocycles. The quantitative estimate of drug-likeness (QED) is 0.659. The van der Waals surface area contributed by atoms with Crippen LogP contribution in [0.25, 0.3) is 0 Å². The van der Waals surface area contributed by atoms with Crippen LogP contribution in [0, 0.1) is 0 Å². The summed E-state index contributed by atoms with van der Waals surface area (Å²) in [5.74, 6) is 0.344. The predicted octanol–water partition coefficient (Wildman–Crippen LogP) is 2.87. The molecule has 13 heavy (non-hydrogen) atoms. The van der Waals surface area contributed by atoms with Crippen molar-refractivity contribution in [3.05, 3.63) is 29.8 Å². The van der Waals surface area contributed by atoms with E-state index in [1.165, 1.54) is 0 Å². The van der Waals surface area contributed by atoms with Crippen LogP contribution in [-0.2, 0) is 0 Å². The average molecular weight is 179 g/mol. The second-order valence-electron chi connectivity index (χ2n) is 3.74. The van der Waals surface area contributed by atoms with E-state index in [0.717, 1.165) is 17.7 Å². The first kappa shape index (κ1) is 8.54. The predicted molar refractivity (Wildman–Crippen MR) is 52.3 cm³/mol. The molecule has 0 bridgehead atoms. The number of halogens is 1. The minimum Gasteiger partial charge on any atom is -0.398 e. The topological polar surface area (TPSA) is 26.0 Å². The molecule has 1 aromatic rings. The number of para-hydroxylation sites is 1. The zero-order valence-electron chi connectivity index (χ0n) is 7.54. The highest BCUT2D eigenvalue weighted by Gasteiger charge is 2.26. The fourth-order valence-corrected chi connectivity index (χ4v) is 2.09. The van der Waals surface area contributed by atoms with Gasteiger partial charge in [0.15, 0.2) is 0 Å². The van der Waals surface area contributed by atoms with E-state index in [4.69, 9.17) is 5.73 Å². The van der Waals surface area contributed by atoms with Crippen LogP contribution in [0.1, 0.15) is 30.7 Å². The summed E-state index contributed by atoms with van der Waals surface area (Å²) in [7, 11) is 0. The number of nitrogen functional groups attached to an aromatic ring is 1. The first-order valence-electron chi connectivity index (χ1n) is 4.76. The van der Waals surface area contributed by atoms with E-state index in [9.17, 15) is 4.39 Å². The molecule has 1 fully saturated rings. The van der Waals surface area contributed by atoms with Gasteiger partial charge in [-0.25, -0.2) is 4.39 Å². The lowest BCUT2D eigenvalue weighted by Crippen LogP contribution is -1.99. The lowest BCUT2D eigenvalue weighted by molar-refractivity contribution is 0.339. The van der Waals surface area contributed by atoms with Gasteiger partial charge in [-0.3, -0.25) is 0 Å². The zero-order chi connectivity index (χ0) is 9.26. The lowest BCUT2D eigenvalue weighted by Gasteiger charge is -2.11. The molecule has 0 heterocycles. The second-order valence-corrected chi connectivity index (χ2v) is 3.74. The van der Waals surface area contributed by atoms with Crippen molar-refractivity contribution >= 4 is 5.69 Å². The van der Waals surface area contributed by atoms with Crippen molar-refractivity contribution in [3.8, 4) is 0 Å². The molecule has 2 rings (SSSR count). The van der Waals surface area contributed by atoms with E-state index in [0.29, 0.717) is 18.8 Å². The fourth-order valence-electron chi connectivity index (χ4n) is 2.09. The maximum Gasteiger partial charge on any atom is 0.101 e. The Balaban J connectivity index is 2.21. The first-order valence-corrected chi connectivity index (χ1v) is 4.76. The SMILES string of the molecule is Nc1ccccc1C1CCC(F)C1. The minimum absolute atomic E-state index is 0.344. The summed E-state index contributed by atoms with van der Waals surface area (Å²) in [6.45, 7) is 0.